The predicted molar refractivity (Wildman–Crippen MR) is 80.1 cm³/mol. The van der Waals surface area contributed by atoms with Crippen LogP contribution < -0.4 is 4.72 Å². The summed E-state index contributed by atoms with van der Waals surface area (Å²) in [5.74, 6) is -0.387. The number of nitrogens with zero attached hydrogens (tertiary/aromatic N) is 3. The van der Waals surface area contributed by atoms with Crippen LogP contribution in [0, 0.1) is 18.7 Å². The van der Waals surface area contributed by atoms with Crippen molar-refractivity contribution < 1.29 is 12.8 Å². The second kappa shape index (κ2) is 6.53. The van der Waals surface area contributed by atoms with Crippen LogP contribution in [0.2, 0.25) is 0 Å². The zero-order valence-corrected chi connectivity index (χ0v) is 13.5. The first-order valence-electron chi connectivity index (χ1n) is 6.92. The summed E-state index contributed by atoms with van der Waals surface area (Å²) in [7, 11) is -3.73. The van der Waals surface area contributed by atoms with Crippen molar-refractivity contribution in [2.75, 3.05) is 0 Å². The van der Waals surface area contributed by atoms with Gasteiger partial charge in [0.2, 0.25) is 10.0 Å². The van der Waals surface area contributed by atoms with E-state index in [0.717, 1.165) is 6.07 Å². The summed E-state index contributed by atoms with van der Waals surface area (Å²) in [6, 6.07) is 3.36. The van der Waals surface area contributed by atoms with Gasteiger partial charge in [-0.15, -0.1) is 0 Å². The highest BCUT2D eigenvalue weighted by atomic mass is 32.2. The molecule has 1 unspecified atom stereocenters. The topological polar surface area (TPSA) is 76.9 Å². The zero-order chi connectivity index (χ0) is 16.3. The highest BCUT2D eigenvalue weighted by molar-refractivity contribution is 7.89. The van der Waals surface area contributed by atoms with Crippen LogP contribution in [0.4, 0.5) is 4.39 Å². The fourth-order valence-electron chi connectivity index (χ4n) is 1.95. The average molecular weight is 326 g/mol. The maximum atomic E-state index is 13.3. The molecule has 0 saturated heterocycles. The Bertz CT molecular complexity index is 729. The zero-order valence-electron chi connectivity index (χ0n) is 12.7. The van der Waals surface area contributed by atoms with Crippen LogP contribution in [0.1, 0.15) is 19.4 Å². The van der Waals surface area contributed by atoms with E-state index in [1.807, 2.05) is 13.8 Å². The molecule has 2 rings (SSSR count). The van der Waals surface area contributed by atoms with E-state index in [0.29, 0.717) is 6.54 Å². The van der Waals surface area contributed by atoms with Crippen molar-refractivity contribution in [3.8, 4) is 0 Å². The molecule has 6 nitrogen and oxygen atoms in total. The standard InChI is InChI=1S/C14H19FN4O2S/c1-10(2)14(9-19-16-6-7-17-19)18-22(20,21)12-4-5-13(15)11(3)8-12/h4-8,10,14,18H,9H2,1-3H3. The van der Waals surface area contributed by atoms with E-state index in [-0.39, 0.29) is 22.4 Å². The quantitative estimate of drug-likeness (QED) is 0.877. The Hall–Kier alpha value is -1.80. The molecule has 0 spiro atoms. The summed E-state index contributed by atoms with van der Waals surface area (Å²) in [5.41, 5.74) is 0.290. The van der Waals surface area contributed by atoms with Gasteiger partial charge in [0.05, 0.1) is 23.8 Å². The molecule has 1 aromatic carbocycles. The SMILES string of the molecule is Cc1cc(S(=O)(=O)NC(Cn2nccn2)C(C)C)ccc1F. The first-order chi connectivity index (χ1) is 10.3. The first-order valence-corrected chi connectivity index (χ1v) is 8.40. The van der Waals surface area contributed by atoms with E-state index in [4.69, 9.17) is 0 Å². The highest BCUT2D eigenvalue weighted by Gasteiger charge is 2.24. The van der Waals surface area contributed by atoms with Gasteiger partial charge in [0.25, 0.3) is 0 Å². The molecule has 0 fully saturated rings. The van der Waals surface area contributed by atoms with Crippen molar-refractivity contribution in [1.29, 1.82) is 0 Å². The van der Waals surface area contributed by atoms with E-state index in [1.165, 1.54) is 36.2 Å². The maximum Gasteiger partial charge on any atom is 0.240 e. The largest absolute Gasteiger partial charge is 0.240 e. The number of benzene rings is 1. The third kappa shape index (κ3) is 3.89. The molecule has 0 aliphatic rings. The minimum Gasteiger partial charge on any atom is -0.207 e. The fourth-order valence-corrected chi connectivity index (χ4v) is 3.41. The Kier molecular flexibility index (Phi) is 4.92. The molecule has 0 radical (unpaired) electrons. The summed E-state index contributed by atoms with van der Waals surface area (Å²) >= 11 is 0. The number of rotatable bonds is 6. The van der Waals surface area contributed by atoms with Gasteiger partial charge in [0, 0.05) is 6.04 Å². The average Bonchev–Trinajstić information content (AvgIpc) is 2.93. The van der Waals surface area contributed by atoms with E-state index in [1.54, 1.807) is 0 Å². The summed E-state index contributed by atoms with van der Waals surface area (Å²) in [5, 5.41) is 7.98. The molecule has 8 heteroatoms. The minimum absolute atomic E-state index is 0.0438. The summed E-state index contributed by atoms with van der Waals surface area (Å²) in [6.07, 6.45) is 3.07. The number of aryl methyl sites for hydroxylation is 1. The number of halogens is 1. The highest BCUT2D eigenvalue weighted by Crippen LogP contribution is 2.16. The van der Waals surface area contributed by atoms with Crippen LogP contribution in [-0.2, 0) is 16.6 Å². The van der Waals surface area contributed by atoms with Crippen LogP contribution in [0.5, 0.6) is 0 Å². The van der Waals surface area contributed by atoms with E-state index < -0.39 is 15.8 Å². The predicted octanol–water partition coefficient (Wildman–Crippen LogP) is 1.73. The van der Waals surface area contributed by atoms with Crippen molar-refractivity contribution in [3.63, 3.8) is 0 Å². The van der Waals surface area contributed by atoms with Crippen LogP contribution in [0.3, 0.4) is 0 Å². The van der Waals surface area contributed by atoms with Crippen LogP contribution in [0.15, 0.2) is 35.5 Å². The van der Waals surface area contributed by atoms with Gasteiger partial charge in [0.15, 0.2) is 0 Å². The van der Waals surface area contributed by atoms with E-state index in [2.05, 4.69) is 14.9 Å². The molecule has 22 heavy (non-hydrogen) atoms. The molecule has 1 N–H and O–H groups in total. The molecule has 0 aliphatic carbocycles. The lowest BCUT2D eigenvalue weighted by molar-refractivity contribution is 0.361. The van der Waals surface area contributed by atoms with Gasteiger partial charge in [-0.05, 0) is 36.6 Å². The third-order valence-corrected chi connectivity index (χ3v) is 4.87. The smallest absolute Gasteiger partial charge is 0.207 e. The second-order valence-corrected chi connectivity index (χ2v) is 7.18. The summed E-state index contributed by atoms with van der Waals surface area (Å²) in [6.45, 7) is 5.67. The number of nitrogens with one attached hydrogen (secondary N) is 1. The van der Waals surface area contributed by atoms with Crippen molar-refractivity contribution in [2.45, 2.75) is 38.3 Å². The van der Waals surface area contributed by atoms with Gasteiger partial charge in [0.1, 0.15) is 5.82 Å². The van der Waals surface area contributed by atoms with Crippen LogP contribution in [-0.4, -0.2) is 29.5 Å². The van der Waals surface area contributed by atoms with Crippen LogP contribution in [0.25, 0.3) is 0 Å². The molecule has 0 aliphatic heterocycles. The molecular formula is C14H19FN4O2S. The summed E-state index contributed by atoms with van der Waals surface area (Å²) in [4.78, 5) is 1.48. The van der Waals surface area contributed by atoms with Crippen molar-refractivity contribution in [3.05, 3.63) is 42.0 Å². The first kappa shape index (κ1) is 16.6. The minimum atomic E-state index is -3.73. The van der Waals surface area contributed by atoms with Crippen molar-refractivity contribution >= 4 is 10.0 Å². The summed E-state index contributed by atoms with van der Waals surface area (Å²) < 4.78 is 40.8. The lowest BCUT2D eigenvalue weighted by Crippen LogP contribution is -2.41. The third-order valence-electron chi connectivity index (χ3n) is 3.38. The second-order valence-electron chi connectivity index (χ2n) is 5.47. The van der Waals surface area contributed by atoms with E-state index >= 15 is 0 Å². The molecular weight excluding hydrogens is 307 g/mol. The molecule has 2 aromatic rings. The number of aromatic nitrogens is 3. The van der Waals surface area contributed by atoms with Gasteiger partial charge in [-0.1, -0.05) is 13.8 Å². The number of hydrogen-bond acceptors (Lipinski definition) is 4. The molecule has 1 atom stereocenters. The molecule has 120 valence electrons. The van der Waals surface area contributed by atoms with Gasteiger partial charge in [-0.3, -0.25) is 0 Å². The van der Waals surface area contributed by atoms with Gasteiger partial charge < -0.3 is 0 Å². The number of hydrogen-bond donors (Lipinski definition) is 1. The van der Waals surface area contributed by atoms with Crippen LogP contribution >= 0.6 is 0 Å². The van der Waals surface area contributed by atoms with Gasteiger partial charge in [-0.2, -0.15) is 15.0 Å². The Labute approximate surface area is 129 Å². The molecule has 0 bridgehead atoms. The Morgan fingerprint density at radius 3 is 2.45 bits per heavy atom. The monoisotopic (exact) mass is 326 g/mol. The Morgan fingerprint density at radius 1 is 1.27 bits per heavy atom. The fraction of sp³-hybridized carbons (Fsp3) is 0.429. The molecule has 0 saturated carbocycles. The molecule has 1 heterocycles. The van der Waals surface area contributed by atoms with Gasteiger partial charge >= 0.3 is 0 Å². The van der Waals surface area contributed by atoms with Gasteiger partial charge in [-0.25, -0.2) is 17.5 Å². The lowest BCUT2D eigenvalue weighted by Gasteiger charge is -2.21. The Morgan fingerprint density at radius 2 is 1.91 bits per heavy atom. The molecule has 0 amide bonds. The maximum absolute atomic E-state index is 13.3. The van der Waals surface area contributed by atoms with Crippen molar-refractivity contribution in [1.82, 2.24) is 19.7 Å². The Balaban J connectivity index is 2.22. The molecule has 1 aromatic heterocycles. The number of sulfonamides is 1. The van der Waals surface area contributed by atoms with Crippen molar-refractivity contribution in [2.24, 2.45) is 5.92 Å². The normalized spacial score (nSPS) is 13.5. The lowest BCUT2D eigenvalue weighted by atomic mass is 10.1. The van der Waals surface area contributed by atoms with E-state index in [9.17, 15) is 12.8 Å².